The van der Waals surface area contributed by atoms with E-state index < -0.39 is 0 Å². The molecule has 0 aromatic heterocycles. The van der Waals surface area contributed by atoms with Crippen LogP contribution in [0.2, 0.25) is 0 Å². The molecule has 228 valence electrons. The van der Waals surface area contributed by atoms with E-state index in [2.05, 4.69) is 193 Å². The van der Waals surface area contributed by atoms with Gasteiger partial charge in [-0.3, -0.25) is 0 Å². The molecule has 7 aromatic carbocycles. The van der Waals surface area contributed by atoms with Crippen LogP contribution < -0.4 is 4.90 Å². The Hall–Kier alpha value is -5.57. The molecule has 48 heavy (non-hydrogen) atoms. The summed E-state index contributed by atoms with van der Waals surface area (Å²) in [5.74, 6) is 0.459. The zero-order chi connectivity index (χ0) is 31.9. The topological polar surface area (TPSA) is 3.24 Å². The lowest BCUT2D eigenvalue weighted by Gasteiger charge is -2.26. The summed E-state index contributed by atoms with van der Waals surface area (Å²) in [6, 6.07) is 61.6. The van der Waals surface area contributed by atoms with E-state index in [9.17, 15) is 0 Å². The second-order valence-electron chi connectivity index (χ2n) is 12.5. The quantitative estimate of drug-likeness (QED) is 0.180. The summed E-state index contributed by atoms with van der Waals surface area (Å²) in [5.41, 5.74) is 12.3. The highest BCUT2D eigenvalue weighted by Crippen LogP contribution is 2.49. The van der Waals surface area contributed by atoms with Gasteiger partial charge >= 0.3 is 0 Å². The predicted octanol–water partition coefficient (Wildman–Crippen LogP) is 12.9. The number of hydrogen-bond donors (Lipinski definition) is 0. The largest absolute Gasteiger partial charge is 0.311 e. The van der Waals surface area contributed by atoms with E-state index in [1.165, 1.54) is 54.6 Å². The molecule has 2 heteroatoms. The zero-order valence-electron chi connectivity index (χ0n) is 26.4. The van der Waals surface area contributed by atoms with E-state index in [4.69, 9.17) is 0 Å². The molecule has 0 saturated heterocycles. The van der Waals surface area contributed by atoms with Crippen LogP contribution in [-0.2, 0) is 0 Å². The molecule has 1 heterocycles. The first-order chi connectivity index (χ1) is 23.8. The van der Waals surface area contributed by atoms with Gasteiger partial charge < -0.3 is 4.90 Å². The Morgan fingerprint density at radius 2 is 1.04 bits per heavy atom. The van der Waals surface area contributed by atoms with Gasteiger partial charge in [0.25, 0.3) is 0 Å². The summed E-state index contributed by atoms with van der Waals surface area (Å²) in [4.78, 5) is 3.76. The van der Waals surface area contributed by atoms with Gasteiger partial charge in [0.2, 0.25) is 0 Å². The van der Waals surface area contributed by atoms with Crippen molar-refractivity contribution >= 4 is 45.2 Å². The van der Waals surface area contributed by atoms with Crippen molar-refractivity contribution in [1.29, 1.82) is 0 Å². The van der Waals surface area contributed by atoms with Crippen LogP contribution in [0.3, 0.4) is 0 Å². The van der Waals surface area contributed by atoms with Gasteiger partial charge in [0.05, 0.1) is 0 Å². The Morgan fingerprint density at radius 1 is 0.458 bits per heavy atom. The van der Waals surface area contributed by atoms with E-state index in [1.54, 1.807) is 0 Å². The van der Waals surface area contributed by atoms with Crippen LogP contribution in [0.5, 0.6) is 0 Å². The van der Waals surface area contributed by atoms with Gasteiger partial charge in [0, 0.05) is 33.1 Å². The van der Waals surface area contributed by atoms with Crippen LogP contribution in [0.4, 0.5) is 17.1 Å². The maximum atomic E-state index is 2.45. The molecular weight excluding hydrogens is 599 g/mol. The molecule has 2 unspecified atom stereocenters. The van der Waals surface area contributed by atoms with Gasteiger partial charge in [0.1, 0.15) is 0 Å². The molecular formula is C46H33NS. The molecule has 0 amide bonds. The van der Waals surface area contributed by atoms with Gasteiger partial charge in [-0.1, -0.05) is 146 Å². The third-order valence-corrected chi connectivity index (χ3v) is 11.0. The normalized spacial score (nSPS) is 16.3. The summed E-state index contributed by atoms with van der Waals surface area (Å²) < 4.78 is 0. The van der Waals surface area contributed by atoms with Crippen LogP contribution in [0.1, 0.15) is 17.0 Å². The van der Waals surface area contributed by atoms with Crippen LogP contribution in [0.15, 0.2) is 193 Å². The summed E-state index contributed by atoms with van der Waals surface area (Å²) in [6.45, 7) is 0. The Labute approximate surface area is 286 Å². The van der Waals surface area contributed by atoms with Crippen LogP contribution in [-0.4, -0.2) is 5.25 Å². The fourth-order valence-corrected chi connectivity index (χ4v) is 8.58. The number of rotatable bonds is 6. The third kappa shape index (κ3) is 5.25. The lowest BCUT2D eigenvalue weighted by molar-refractivity contribution is 0.883. The molecule has 2 atom stereocenters. The van der Waals surface area contributed by atoms with Gasteiger partial charge in [-0.2, -0.15) is 0 Å². The van der Waals surface area contributed by atoms with Gasteiger partial charge in [-0.05, 0) is 92.2 Å². The first kappa shape index (κ1) is 28.6. The van der Waals surface area contributed by atoms with Gasteiger partial charge in [-0.15, -0.1) is 11.8 Å². The molecule has 1 aliphatic heterocycles. The monoisotopic (exact) mass is 631 g/mol. The number of fused-ring (bicyclic) bond motifs is 4. The van der Waals surface area contributed by atoms with Crippen molar-refractivity contribution in [2.75, 3.05) is 4.90 Å². The Kier molecular flexibility index (Phi) is 7.29. The Morgan fingerprint density at radius 3 is 1.79 bits per heavy atom. The highest BCUT2D eigenvalue weighted by atomic mass is 32.2. The zero-order valence-corrected chi connectivity index (χ0v) is 27.2. The molecule has 1 nitrogen and oxygen atoms in total. The maximum Gasteiger partial charge on any atom is 0.0462 e. The van der Waals surface area contributed by atoms with Crippen LogP contribution in [0.25, 0.3) is 38.6 Å². The maximum absolute atomic E-state index is 2.45. The molecule has 0 bridgehead atoms. The highest BCUT2D eigenvalue weighted by Gasteiger charge is 2.32. The molecule has 7 aromatic rings. The minimum Gasteiger partial charge on any atom is -0.311 e. The molecule has 0 saturated carbocycles. The van der Waals surface area contributed by atoms with E-state index in [0.29, 0.717) is 11.2 Å². The lowest BCUT2D eigenvalue weighted by atomic mass is 9.88. The van der Waals surface area contributed by atoms with Crippen molar-refractivity contribution in [3.05, 3.63) is 199 Å². The number of allylic oxidation sites excluding steroid dienone is 3. The molecule has 0 spiro atoms. The lowest BCUT2D eigenvalue weighted by Crippen LogP contribution is -2.10. The number of anilines is 3. The van der Waals surface area contributed by atoms with Crippen molar-refractivity contribution in [1.82, 2.24) is 0 Å². The summed E-state index contributed by atoms with van der Waals surface area (Å²) in [7, 11) is 0. The summed E-state index contributed by atoms with van der Waals surface area (Å²) in [5, 5.41) is 2.98. The molecule has 2 aliphatic rings. The third-order valence-electron chi connectivity index (χ3n) is 9.64. The van der Waals surface area contributed by atoms with Crippen molar-refractivity contribution in [2.24, 2.45) is 0 Å². The van der Waals surface area contributed by atoms with E-state index in [-0.39, 0.29) is 0 Å². The second-order valence-corrected chi connectivity index (χ2v) is 13.7. The Bertz CT molecular complexity index is 2290. The second kappa shape index (κ2) is 12.2. The predicted molar refractivity (Wildman–Crippen MR) is 205 cm³/mol. The van der Waals surface area contributed by atoms with Crippen LogP contribution >= 0.6 is 11.8 Å². The summed E-state index contributed by atoms with van der Waals surface area (Å²) in [6.07, 6.45) is 7.16. The fraction of sp³-hybridized carbons (Fsp3) is 0.0435. The van der Waals surface area contributed by atoms with Gasteiger partial charge in [-0.25, -0.2) is 0 Å². The molecule has 0 radical (unpaired) electrons. The number of nitrogens with zero attached hydrogens (tertiary/aromatic N) is 1. The minimum atomic E-state index is 0.446. The number of benzene rings is 7. The fourth-order valence-electron chi connectivity index (χ4n) is 7.19. The SMILES string of the molecule is C1=CC2c3ccccc3SC2C=C1c1ccc(N(c2ccc(-c3ccccc3)cc2)c2ccc(-c3cccc4ccccc34)cc2)cc1. The highest BCUT2D eigenvalue weighted by molar-refractivity contribution is 8.00. The first-order valence-electron chi connectivity index (χ1n) is 16.6. The van der Waals surface area contributed by atoms with Gasteiger partial charge in [0.15, 0.2) is 0 Å². The van der Waals surface area contributed by atoms with Crippen molar-refractivity contribution in [3.8, 4) is 22.3 Å². The molecule has 9 rings (SSSR count). The number of hydrogen-bond acceptors (Lipinski definition) is 2. The van der Waals surface area contributed by atoms with E-state index >= 15 is 0 Å². The van der Waals surface area contributed by atoms with E-state index in [0.717, 1.165) is 17.1 Å². The standard InChI is InChI=1S/C46H33NS/c1-2-9-32(10-3-1)33-17-24-38(25-18-33)47(40-28-21-36(22-29-40)42-15-8-12-35-11-4-5-13-41(35)42)39-26-19-34(20-27-39)37-23-30-44-43-14-6-7-16-45(43)48-46(44)31-37/h1-31,44,46H. The molecule has 0 N–H and O–H groups in total. The van der Waals surface area contributed by atoms with Crippen LogP contribution in [0, 0.1) is 0 Å². The molecule has 0 fully saturated rings. The van der Waals surface area contributed by atoms with Crippen molar-refractivity contribution < 1.29 is 0 Å². The Balaban J connectivity index is 1.06. The van der Waals surface area contributed by atoms with Crippen molar-refractivity contribution in [2.45, 2.75) is 16.1 Å². The average molecular weight is 632 g/mol. The molecule has 1 aliphatic carbocycles. The minimum absolute atomic E-state index is 0.446. The van der Waals surface area contributed by atoms with E-state index in [1.807, 2.05) is 11.8 Å². The smallest absolute Gasteiger partial charge is 0.0462 e. The summed E-state index contributed by atoms with van der Waals surface area (Å²) >= 11 is 1.98. The van der Waals surface area contributed by atoms with Crippen molar-refractivity contribution in [3.63, 3.8) is 0 Å². The first-order valence-corrected chi connectivity index (χ1v) is 17.5. The average Bonchev–Trinajstić information content (AvgIpc) is 3.54. The number of thioether (sulfide) groups is 1.